The Balaban J connectivity index is 2.30. The summed E-state index contributed by atoms with van der Waals surface area (Å²) in [7, 11) is 1.87. The summed E-state index contributed by atoms with van der Waals surface area (Å²) in [5.74, 6) is 5.97. The first-order chi connectivity index (χ1) is 8.72. The zero-order chi connectivity index (χ0) is 13.0. The van der Waals surface area contributed by atoms with Crippen molar-refractivity contribution in [3.8, 4) is 11.8 Å². The number of nitrogens with one attached hydrogen (secondary N) is 2. The Hall–Kier alpha value is -2.39. The summed E-state index contributed by atoms with van der Waals surface area (Å²) in [6.07, 6.45) is 0.740. The van der Waals surface area contributed by atoms with Gasteiger partial charge < -0.3 is 5.32 Å². The van der Waals surface area contributed by atoms with Gasteiger partial charge in [-0.1, -0.05) is 5.92 Å². The number of hydrogen-bond acceptors (Lipinski definition) is 4. The first kappa shape index (κ1) is 12.1. The highest BCUT2D eigenvalue weighted by Gasteiger charge is 2.09. The molecule has 0 bridgehead atoms. The van der Waals surface area contributed by atoms with Crippen molar-refractivity contribution in [3.05, 3.63) is 34.0 Å². The number of fused-ring (bicyclic) bond motifs is 1. The molecule has 2 rings (SSSR count). The molecule has 0 saturated carbocycles. The third-order valence-electron chi connectivity index (χ3n) is 2.46. The molecule has 92 valence electrons. The smallest absolute Gasteiger partial charge is 0.271 e. The van der Waals surface area contributed by atoms with E-state index in [1.54, 1.807) is 6.07 Å². The molecule has 0 fully saturated rings. The second kappa shape index (κ2) is 5.29. The predicted molar refractivity (Wildman–Crippen MR) is 68.2 cm³/mol. The molecule has 0 atom stereocenters. The number of non-ortho nitro benzene ring substituents is 1. The number of aromatic nitrogens is 2. The van der Waals surface area contributed by atoms with Crippen molar-refractivity contribution >= 4 is 16.6 Å². The molecular weight excluding hydrogens is 232 g/mol. The van der Waals surface area contributed by atoms with Gasteiger partial charge in [0, 0.05) is 30.5 Å². The summed E-state index contributed by atoms with van der Waals surface area (Å²) >= 11 is 0. The zero-order valence-electron chi connectivity index (χ0n) is 9.86. The maximum Gasteiger partial charge on any atom is 0.271 e. The van der Waals surface area contributed by atoms with Crippen LogP contribution in [0.4, 0.5) is 5.69 Å². The highest BCUT2D eigenvalue weighted by atomic mass is 16.6. The number of hydrogen-bond donors (Lipinski definition) is 2. The van der Waals surface area contributed by atoms with E-state index in [0.717, 1.165) is 18.4 Å². The quantitative estimate of drug-likeness (QED) is 0.370. The van der Waals surface area contributed by atoms with Crippen molar-refractivity contribution in [1.82, 2.24) is 15.5 Å². The molecule has 0 spiro atoms. The second-order valence-corrected chi connectivity index (χ2v) is 3.71. The second-order valence-electron chi connectivity index (χ2n) is 3.71. The van der Waals surface area contributed by atoms with E-state index in [1.165, 1.54) is 12.1 Å². The van der Waals surface area contributed by atoms with Gasteiger partial charge >= 0.3 is 0 Å². The number of nitrogens with zero attached hydrogens (tertiary/aromatic N) is 2. The van der Waals surface area contributed by atoms with Gasteiger partial charge in [0.15, 0.2) is 0 Å². The lowest BCUT2D eigenvalue weighted by atomic mass is 10.2. The van der Waals surface area contributed by atoms with Crippen molar-refractivity contribution in [3.63, 3.8) is 0 Å². The molecule has 6 heteroatoms. The van der Waals surface area contributed by atoms with Crippen molar-refractivity contribution in [2.24, 2.45) is 0 Å². The minimum absolute atomic E-state index is 0.0312. The zero-order valence-corrected chi connectivity index (χ0v) is 9.86. The normalized spacial score (nSPS) is 10.1. The van der Waals surface area contributed by atoms with Crippen molar-refractivity contribution < 1.29 is 4.92 Å². The number of benzene rings is 1. The summed E-state index contributed by atoms with van der Waals surface area (Å²) in [5, 5.41) is 21.2. The van der Waals surface area contributed by atoms with Gasteiger partial charge in [-0.2, -0.15) is 5.10 Å². The van der Waals surface area contributed by atoms with E-state index in [2.05, 4.69) is 27.4 Å². The molecule has 0 aliphatic heterocycles. The lowest BCUT2D eigenvalue weighted by molar-refractivity contribution is -0.384. The van der Waals surface area contributed by atoms with E-state index in [1.807, 2.05) is 7.05 Å². The van der Waals surface area contributed by atoms with E-state index in [4.69, 9.17) is 0 Å². The largest absolute Gasteiger partial charge is 0.319 e. The number of H-pyrrole nitrogens is 1. The average Bonchev–Trinajstić information content (AvgIpc) is 2.77. The predicted octanol–water partition coefficient (Wildman–Crippen LogP) is 1.43. The van der Waals surface area contributed by atoms with Crippen LogP contribution in [0.2, 0.25) is 0 Å². The van der Waals surface area contributed by atoms with Crippen LogP contribution in [0.15, 0.2) is 18.2 Å². The molecule has 2 aromatic rings. The fourth-order valence-corrected chi connectivity index (χ4v) is 1.55. The van der Waals surface area contributed by atoms with Crippen LogP contribution < -0.4 is 5.32 Å². The van der Waals surface area contributed by atoms with Crippen molar-refractivity contribution in [2.75, 3.05) is 13.6 Å². The third-order valence-corrected chi connectivity index (χ3v) is 2.46. The molecule has 1 aromatic heterocycles. The highest BCUT2D eigenvalue weighted by Crippen LogP contribution is 2.20. The van der Waals surface area contributed by atoms with E-state index in [0.29, 0.717) is 11.2 Å². The summed E-state index contributed by atoms with van der Waals surface area (Å²) in [6, 6.07) is 4.56. The van der Waals surface area contributed by atoms with Crippen LogP contribution in [0.25, 0.3) is 10.9 Å². The molecule has 0 amide bonds. The molecule has 18 heavy (non-hydrogen) atoms. The highest BCUT2D eigenvalue weighted by molar-refractivity contribution is 5.85. The first-order valence-electron chi connectivity index (χ1n) is 5.48. The third kappa shape index (κ3) is 2.47. The minimum Gasteiger partial charge on any atom is -0.319 e. The molecule has 1 heterocycles. The van der Waals surface area contributed by atoms with Gasteiger partial charge in [0.25, 0.3) is 5.69 Å². The van der Waals surface area contributed by atoms with Crippen LogP contribution in [0.5, 0.6) is 0 Å². The maximum atomic E-state index is 10.6. The molecule has 1 aromatic carbocycles. The Morgan fingerprint density at radius 1 is 1.56 bits per heavy atom. The van der Waals surface area contributed by atoms with E-state index < -0.39 is 4.92 Å². The van der Waals surface area contributed by atoms with Gasteiger partial charge in [0.2, 0.25) is 0 Å². The first-order valence-corrected chi connectivity index (χ1v) is 5.48. The van der Waals surface area contributed by atoms with E-state index in [-0.39, 0.29) is 5.69 Å². The molecule has 0 aliphatic rings. The minimum atomic E-state index is -0.438. The molecule has 0 saturated heterocycles. The number of nitro groups is 1. The monoisotopic (exact) mass is 244 g/mol. The summed E-state index contributed by atoms with van der Waals surface area (Å²) in [5.41, 5.74) is 1.28. The Kier molecular flexibility index (Phi) is 3.55. The average molecular weight is 244 g/mol. The summed E-state index contributed by atoms with van der Waals surface area (Å²) in [4.78, 5) is 10.2. The number of rotatable bonds is 3. The standard InChI is InChI=1S/C12H12N4O2/c1-13-7-3-2-4-11-10-6-5-9(16(17)18)8-12(10)15-14-11/h5-6,8,13H,3,7H2,1H3,(H,14,15). The van der Waals surface area contributed by atoms with E-state index in [9.17, 15) is 10.1 Å². The van der Waals surface area contributed by atoms with Crippen LogP contribution in [0.3, 0.4) is 0 Å². The molecule has 0 aliphatic carbocycles. The summed E-state index contributed by atoms with van der Waals surface area (Å²) < 4.78 is 0. The van der Waals surface area contributed by atoms with Gasteiger partial charge in [-0.05, 0) is 19.0 Å². The van der Waals surface area contributed by atoms with Gasteiger partial charge in [-0.15, -0.1) is 0 Å². The Morgan fingerprint density at radius 2 is 2.39 bits per heavy atom. The summed E-state index contributed by atoms with van der Waals surface area (Å²) in [6.45, 7) is 0.824. The van der Waals surface area contributed by atoms with Crippen LogP contribution in [-0.4, -0.2) is 28.7 Å². The topological polar surface area (TPSA) is 83.8 Å². The lowest BCUT2D eigenvalue weighted by Gasteiger charge is -1.91. The van der Waals surface area contributed by atoms with Gasteiger partial charge in [-0.25, -0.2) is 0 Å². The van der Waals surface area contributed by atoms with Gasteiger partial charge in [0.1, 0.15) is 11.2 Å². The van der Waals surface area contributed by atoms with Crippen LogP contribution in [-0.2, 0) is 0 Å². The van der Waals surface area contributed by atoms with Crippen molar-refractivity contribution in [1.29, 1.82) is 0 Å². The fraction of sp³-hybridized carbons (Fsp3) is 0.250. The van der Waals surface area contributed by atoms with Crippen molar-refractivity contribution in [2.45, 2.75) is 6.42 Å². The maximum absolute atomic E-state index is 10.6. The molecule has 2 N–H and O–H groups in total. The Morgan fingerprint density at radius 3 is 3.11 bits per heavy atom. The molecular formula is C12H12N4O2. The SMILES string of the molecule is CNCCC#Cc1[nH]nc2cc([N+](=O)[O-])ccc12. The van der Waals surface area contributed by atoms with E-state index >= 15 is 0 Å². The molecule has 0 unspecified atom stereocenters. The van der Waals surface area contributed by atoms with Crippen LogP contribution >= 0.6 is 0 Å². The van der Waals surface area contributed by atoms with Gasteiger partial charge in [0.05, 0.1) is 4.92 Å². The van der Waals surface area contributed by atoms with Crippen LogP contribution in [0.1, 0.15) is 12.1 Å². The number of nitro benzene ring substituents is 1. The number of aromatic amines is 1. The lowest BCUT2D eigenvalue weighted by Crippen LogP contribution is -2.05. The Labute approximate surface area is 104 Å². The van der Waals surface area contributed by atoms with Gasteiger partial charge in [-0.3, -0.25) is 15.2 Å². The fourth-order valence-electron chi connectivity index (χ4n) is 1.55. The Bertz CT molecular complexity index is 636. The molecule has 0 radical (unpaired) electrons. The molecule has 6 nitrogen and oxygen atoms in total. The van der Waals surface area contributed by atoms with Crippen LogP contribution in [0, 0.1) is 22.0 Å².